The molecule has 0 unspecified atom stereocenters. The van der Waals surface area contributed by atoms with Gasteiger partial charge in [0.05, 0.1) is 23.2 Å². The zero-order chi connectivity index (χ0) is 23.9. The Labute approximate surface area is 203 Å². The van der Waals surface area contributed by atoms with Crippen molar-refractivity contribution in [3.8, 4) is 5.75 Å². The first kappa shape index (κ1) is 22.3. The molecule has 3 fully saturated rings. The second-order valence-corrected chi connectivity index (χ2v) is 10.3. The van der Waals surface area contributed by atoms with Crippen LogP contribution in [0.15, 0.2) is 41.5 Å². The number of aliphatic hydroxyl groups excluding tert-OH is 1. The van der Waals surface area contributed by atoms with Crippen molar-refractivity contribution in [2.75, 3.05) is 11.9 Å². The van der Waals surface area contributed by atoms with Gasteiger partial charge in [0.15, 0.2) is 0 Å². The maximum Gasteiger partial charge on any atom is 0.274 e. The van der Waals surface area contributed by atoms with Crippen LogP contribution >= 0.6 is 0 Å². The van der Waals surface area contributed by atoms with Crippen LogP contribution in [0.4, 0.5) is 5.69 Å². The molecule has 3 aliphatic rings. The minimum absolute atomic E-state index is 0.131. The minimum atomic E-state index is -0.342. The molecular formula is C27H32N4O4. The number of aliphatic hydroxyl groups is 1. The second kappa shape index (κ2) is 9.15. The summed E-state index contributed by atoms with van der Waals surface area (Å²) in [6, 6.07) is 7.74. The lowest BCUT2D eigenvalue weighted by Gasteiger charge is -2.28. The molecule has 0 radical (unpaired) electrons. The van der Waals surface area contributed by atoms with E-state index in [1.54, 1.807) is 22.9 Å². The predicted octanol–water partition coefficient (Wildman–Crippen LogP) is 4.44. The molecule has 3 saturated carbocycles. The van der Waals surface area contributed by atoms with Gasteiger partial charge in [-0.15, -0.1) is 0 Å². The summed E-state index contributed by atoms with van der Waals surface area (Å²) in [5, 5.41) is 17.8. The Kier molecular flexibility index (Phi) is 5.84. The largest absolute Gasteiger partial charge is 0.490 e. The number of ether oxygens (including phenoxy) is 1. The number of carbonyl (C=O) groups is 1. The molecule has 1 amide bonds. The number of amides is 1. The van der Waals surface area contributed by atoms with Crippen molar-refractivity contribution in [2.24, 2.45) is 5.92 Å². The number of nitrogens with one attached hydrogen (secondary N) is 1. The summed E-state index contributed by atoms with van der Waals surface area (Å²) in [5.74, 6) is 0.774. The van der Waals surface area contributed by atoms with Crippen LogP contribution in [0.3, 0.4) is 0 Å². The van der Waals surface area contributed by atoms with Crippen LogP contribution in [0.5, 0.6) is 5.75 Å². The number of nitrogens with zero attached hydrogens (tertiary/aromatic N) is 3. The van der Waals surface area contributed by atoms with Gasteiger partial charge in [0.1, 0.15) is 11.4 Å². The van der Waals surface area contributed by atoms with E-state index in [2.05, 4.69) is 5.32 Å². The number of hydrogen-bond acceptors (Lipinski definition) is 5. The summed E-state index contributed by atoms with van der Waals surface area (Å²) < 4.78 is 9.85. The van der Waals surface area contributed by atoms with Crippen LogP contribution in [-0.2, 0) is 0 Å². The van der Waals surface area contributed by atoms with Gasteiger partial charge in [-0.05, 0) is 81.9 Å². The van der Waals surface area contributed by atoms with Gasteiger partial charge < -0.3 is 19.7 Å². The fraction of sp³-hybridized carbons (Fsp3) is 0.519. The molecule has 2 heterocycles. The lowest BCUT2D eigenvalue weighted by molar-refractivity contribution is 0.102. The van der Waals surface area contributed by atoms with Crippen LogP contribution in [0.25, 0.3) is 10.9 Å². The molecule has 2 N–H and O–H groups in total. The summed E-state index contributed by atoms with van der Waals surface area (Å²) in [5.41, 5.74) is 1.36. The molecule has 35 heavy (non-hydrogen) atoms. The Morgan fingerprint density at radius 1 is 1.09 bits per heavy atom. The Morgan fingerprint density at radius 2 is 1.86 bits per heavy atom. The number of anilines is 1. The van der Waals surface area contributed by atoms with E-state index < -0.39 is 0 Å². The number of hydrogen-bond donors (Lipinski definition) is 2. The zero-order valence-corrected chi connectivity index (χ0v) is 19.9. The monoisotopic (exact) mass is 476 g/mol. The lowest BCUT2D eigenvalue weighted by atomic mass is 9.84. The highest BCUT2D eigenvalue weighted by atomic mass is 16.5. The van der Waals surface area contributed by atoms with E-state index >= 15 is 0 Å². The van der Waals surface area contributed by atoms with Crippen molar-refractivity contribution in [3.05, 3.63) is 52.6 Å². The Balaban J connectivity index is 1.27. The van der Waals surface area contributed by atoms with Crippen molar-refractivity contribution < 1.29 is 14.6 Å². The van der Waals surface area contributed by atoms with Crippen LogP contribution in [0.1, 0.15) is 80.2 Å². The smallest absolute Gasteiger partial charge is 0.274 e. The standard InChI is InChI=1S/C27H32N4O4/c32-13-11-17-3-5-20(6-4-17)31-16-18-14-22(25(15-24(18)29-31)35-21-9-10-21)26(33)28-23-2-1-12-30(27(23)34)19-7-8-19/h1-2,12,14-17,19-21,32H,3-11,13H2,(H,28,33). The van der Waals surface area contributed by atoms with Crippen molar-refractivity contribution in [2.45, 2.75) is 76.0 Å². The molecule has 184 valence electrons. The molecule has 0 aliphatic heterocycles. The SMILES string of the molecule is O=C(Nc1cccn(C2CC2)c1=O)c1cc2cn(C3CCC(CCO)CC3)nc2cc1OC1CC1. The third-order valence-corrected chi connectivity index (χ3v) is 7.58. The Morgan fingerprint density at radius 3 is 2.57 bits per heavy atom. The average Bonchev–Trinajstić information content (AvgIpc) is 3.79. The van der Waals surface area contributed by atoms with Crippen molar-refractivity contribution in [1.82, 2.24) is 14.3 Å². The predicted molar refractivity (Wildman–Crippen MR) is 133 cm³/mol. The molecule has 8 nitrogen and oxygen atoms in total. The summed E-state index contributed by atoms with van der Waals surface area (Å²) in [6.45, 7) is 0.257. The van der Waals surface area contributed by atoms with E-state index in [0.717, 1.165) is 68.7 Å². The van der Waals surface area contributed by atoms with E-state index in [9.17, 15) is 14.7 Å². The molecule has 6 rings (SSSR count). The summed E-state index contributed by atoms with van der Waals surface area (Å²) in [7, 11) is 0. The molecular weight excluding hydrogens is 444 g/mol. The normalized spacial score (nSPS) is 22.3. The molecule has 8 heteroatoms. The first-order valence-corrected chi connectivity index (χ1v) is 12.9. The van der Waals surface area contributed by atoms with Crippen LogP contribution in [-0.4, -0.2) is 38.1 Å². The first-order valence-electron chi connectivity index (χ1n) is 12.9. The molecule has 2 aromatic heterocycles. The van der Waals surface area contributed by atoms with Crippen LogP contribution < -0.4 is 15.6 Å². The Hall–Kier alpha value is -3.13. The topological polar surface area (TPSA) is 98.4 Å². The molecule has 0 saturated heterocycles. The number of carbonyl (C=O) groups excluding carboxylic acids is 1. The van der Waals surface area contributed by atoms with Gasteiger partial charge in [-0.25, -0.2) is 0 Å². The van der Waals surface area contributed by atoms with Crippen LogP contribution in [0, 0.1) is 5.92 Å². The van der Waals surface area contributed by atoms with Crippen molar-refractivity contribution >= 4 is 22.5 Å². The maximum absolute atomic E-state index is 13.3. The number of rotatable bonds is 8. The van der Waals surface area contributed by atoms with E-state index in [1.807, 2.05) is 23.0 Å². The van der Waals surface area contributed by atoms with E-state index in [0.29, 0.717) is 23.3 Å². The van der Waals surface area contributed by atoms with E-state index in [-0.39, 0.29) is 35.9 Å². The summed E-state index contributed by atoms with van der Waals surface area (Å²) in [6.07, 6.45) is 13.1. The number of fused-ring (bicyclic) bond motifs is 1. The van der Waals surface area contributed by atoms with Crippen LogP contribution in [0.2, 0.25) is 0 Å². The highest BCUT2D eigenvalue weighted by Crippen LogP contribution is 2.36. The van der Waals surface area contributed by atoms with Gasteiger partial charge in [0.25, 0.3) is 11.5 Å². The first-order chi connectivity index (χ1) is 17.1. The number of benzene rings is 1. The van der Waals surface area contributed by atoms with Gasteiger partial charge in [0, 0.05) is 36.5 Å². The molecule has 0 atom stereocenters. The van der Waals surface area contributed by atoms with Crippen molar-refractivity contribution in [3.63, 3.8) is 0 Å². The number of aromatic nitrogens is 3. The van der Waals surface area contributed by atoms with Gasteiger partial charge in [-0.2, -0.15) is 5.10 Å². The fourth-order valence-electron chi connectivity index (χ4n) is 5.21. The highest BCUT2D eigenvalue weighted by Gasteiger charge is 2.29. The maximum atomic E-state index is 13.3. The second-order valence-electron chi connectivity index (χ2n) is 10.3. The lowest BCUT2D eigenvalue weighted by Crippen LogP contribution is -2.25. The molecule has 1 aromatic carbocycles. The quantitative estimate of drug-likeness (QED) is 0.501. The summed E-state index contributed by atoms with van der Waals surface area (Å²) in [4.78, 5) is 26.2. The van der Waals surface area contributed by atoms with Gasteiger partial charge >= 0.3 is 0 Å². The third kappa shape index (κ3) is 4.72. The zero-order valence-electron chi connectivity index (χ0n) is 19.9. The molecule has 3 aromatic rings. The van der Waals surface area contributed by atoms with Gasteiger partial charge in [-0.3, -0.25) is 14.3 Å². The number of pyridine rings is 1. The minimum Gasteiger partial charge on any atom is -0.490 e. The van der Waals surface area contributed by atoms with Crippen molar-refractivity contribution in [1.29, 1.82) is 0 Å². The fourth-order valence-corrected chi connectivity index (χ4v) is 5.21. The molecule has 3 aliphatic carbocycles. The van der Waals surface area contributed by atoms with Gasteiger partial charge in [-0.1, -0.05) is 0 Å². The van der Waals surface area contributed by atoms with E-state index in [4.69, 9.17) is 9.84 Å². The molecule has 0 bridgehead atoms. The molecule has 0 spiro atoms. The van der Waals surface area contributed by atoms with E-state index in [1.165, 1.54) is 0 Å². The Bertz CT molecular complexity index is 1300. The third-order valence-electron chi connectivity index (χ3n) is 7.58. The van der Waals surface area contributed by atoms with Gasteiger partial charge in [0.2, 0.25) is 0 Å². The average molecular weight is 477 g/mol. The highest BCUT2D eigenvalue weighted by molar-refractivity contribution is 6.08. The summed E-state index contributed by atoms with van der Waals surface area (Å²) >= 11 is 0.